The first-order valence-corrected chi connectivity index (χ1v) is 9.79. The minimum atomic E-state index is -0.547. The van der Waals surface area contributed by atoms with Gasteiger partial charge in [-0.15, -0.1) is 11.8 Å². The summed E-state index contributed by atoms with van der Waals surface area (Å²) in [7, 11) is 0. The fraction of sp³-hybridized carbons (Fsp3) is 0.222. The molecule has 0 bridgehead atoms. The smallest absolute Gasteiger partial charge is 0.238 e. The normalized spacial score (nSPS) is 17.7. The number of carbonyl (C=O) groups is 2. The molecule has 2 aromatic carbocycles. The van der Waals surface area contributed by atoms with Crippen LogP contribution in [0.25, 0.3) is 0 Å². The lowest BCUT2D eigenvalue weighted by atomic mass is 10.2. The Labute approximate surface area is 169 Å². The molecule has 2 amide bonds. The van der Waals surface area contributed by atoms with Gasteiger partial charge in [-0.25, -0.2) is 0 Å². The highest BCUT2D eigenvalue weighted by Gasteiger charge is 2.29. The second-order valence-corrected chi connectivity index (χ2v) is 8.05. The van der Waals surface area contributed by atoms with Crippen LogP contribution in [0.3, 0.4) is 0 Å². The van der Waals surface area contributed by atoms with Crippen LogP contribution < -0.4 is 20.1 Å². The SMILES string of the molecule is O=C(C[C@@H]1Sc2ccc(Cl)cc2NC1=O)Nc1cc2c(cc1Cl)OCCO2. The van der Waals surface area contributed by atoms with Gasteiger partial charge in [0.1, 0.15) is 13.2 Å². The zero-order chi connectivity index (χ0) is 19.0. The number of carbonyl (C=O) groups excluding carboxylic acids is 2. The lowest BCUT2D eigenvalue weighted by Gasteiger charge is -2.24. The Morgan fingerprint density at radius 1 is 1.19 bits per heavy atom. The van der Waals surface area contributed by atoms with E-state index in [9.17, 15) is 9.59 Å². The number of hydrogen-bond acceptors (Lipinski definition) is 5. The van der Waals surface area contributed by atoms with Crippen molar-refractivity contribution in [2.24, 2.45) is 0 Å². The molecule has 0 radical (unpaired) electrons. The average Bonchev–Trinajstić information content (AvgIpc) is 2.63. The fourth-order valence-electron chi connectivity index (χ4n) is 2.79. The molecule has 1 atom stereocenters. The van der Waals surface area contributed by atoms with E-state index < -0.39 is 5.25 Å². The summed E-state index contributed by atoms with van der Waals surface area (Å²) in [4.78, 5) is 25.6. The van der Waals surface area contributed by atoms with Crippen molar-refractivity contribution >= 4 is 58.2 Å². The van der Waals surface area contributed by atoms with Gasteiger partial charge in [0.25, 0.3) is 0 Å². The molecule has 27 heavy (non-hydrogen) atoms. The van der Waals surface area contributed by atoms with Crippen molar-refractivity contribution in [3.05, 3.63) is 40.4 Å². The zero-order valence-corrected chi connectivity index (χ0v) is 16.2. The second kappa shape index (κ2) is 7.50. The summed E-state index contributed by atoms with van der Waals surface area (Å²) < 4.78 is 11.0. The van der Waals surface area contributed by atoms with E-state index >= 15 is 0 Å². The Kier molecular flexibility index (Phi) is 5.08. The number of benzene rings is 2. The van der Waals surface area contributed by atoms with Crippen LogP contribution in [0.15, 0.2) is 35.2 Å². The van der Waals surface area contributed by atoms with Gasteiger partial charge in [-0.2, -0.15) is 0 Å². The van der Waals surface area contributed by atoms with Crippen molar-refractivity contribution < 1.29 is 19.1 Å². The predicted molar refractivity (Wildman–Crippen MR) is 105 cm³/mol. The topological polar surface area (TPSA) is 76.7 Å². The summed E-state index contributed by atoms with van der Waals surface area (Å²) in [5.74, 6) is 0.509. The monoisotopic (exact) mass is 424 g/mol. The van der Waals surface area contributed by atoms with Crippen LogP contribution in [0, 0.1) is 0 Å². The van der Waals surface area contributed by atoms with Crippen LogP contribution in [0.5, 0.6) is 11.5 Å². The molecule has 2 aliphatic heterocycles. The highest BCUT2D eigenvalue weighted by molar-refractivity contribution is 8.01. The first-order chi connectivity index (χ1) is 13.0. The van der Waals surface area contributed by atoms with Crippen molar-refractivity contribution in [1.29, 1.82) is 0 Å². The standard InChI is InChI=1S/C18H14Cl2N2O4S/c19-9-1-2-15-12(5-9)22-18(24)16(27-15)8-17(23)21-11-7-14-13(6-10(11)20)25-3-4-26-14/h1-2,5-7,16H,3-4,8H2,(H,21,23)(H,22,24)/t16-/m0/s1. The van der Waals surface area contributed by atoms with E-state index in [1.165, 1.54) is 11.8 Å². The van der Waals surface area contributed by atoms with Gasteiger partial charge in [-0.3, -0.25) is 9.59 Å². The van der Waals surface area contributed by atoms with Crippen molar-refractivity contribution in [3.63, 3.8) is 0 Å². The van der Waals surface area contributed by atoms with E-state index in [2.05, 4.69) is 10.6 Å². The van der Waals surface area contributed by atoms with E-state index in [0.717, 1.165) is 4.90 Å². The highest BCUT2D eigenvalue weighted by atomic mass is 35.5. The Balaban J connectivity index is 1.45. The van der Waals surface area contributed by atoms with Crippen LogP contribution in [0.1, 0.15) is 6.42 Å². The molecule has 6 nitrogen and oxygen atoms in total. The predicted octanol–water partition coefficient (Wildman–Crippen LogP) is 4.21. The lowest BCUT2D eigenvalue weighted by Crippen LogP contribution is -2.32. The lowest BCUT2D eigenvalue weighted by molar-refractivity contribution is -0.120. The van der Waals surface area contributed by atoms with Gasteiger partial charge in [-0.05, 0) is 18.2 Å². The summed E-state index contributed by atoms with van der Waals surface area (Å²) in [5.41, 5.74) is 1.07. The minimum Gasteiger partial charge on any atom is -0.486 e. The Bertz CT molecular complexity index is 938. The Morgan fingerprint density at radius 3 is 2.70 bits per heavy atom. The summed E-state index contributed by atoms with van der Waals surface area (Å²) in [6.07, 6.45) is 0.00331. The van der Waals surface area contributed by atoms with E-state index in [1.807, 2.05) is 6.07 Å². The number of amides is 2. The Morgan fingerprint density at radius 2 is 1.93 bits per heavy atom. The van der Waals surface area contributed by atoms with Gasteiger partial charge in [0.15, 0.2) is 11.5 Å². The number of nitrogens with one attached hydrogen (secondary N) is 2. The van der Waals surface area contributed by atoms with Crippen molar-refractivity contribution in [3.8, 4) is 11.5 Å². The Hall–Kier alpha value is -2.09. The number of halogens is 2. The maximum absolute atomic E-state index is 12.5. The van der Waals surface area contributed by atoms with Gasteiger partial charge in [0, 0.05) is 28.5 Å². The third-order valence-electron chi connectivity index (χ3n) is 4.04. The van der Waals surface area contributed by atoms with Crippen molar-refractivity contribution in [1.82, 2.24) is 0 Å². The molecule has 0 saturated carbocycles. The highest BCUT2D eigenvalue weighted by Crippen LogP contribution is 2.40. The molecule has 0 unspecified atom stereocenters. The number of rotatable bonds is 3. The number of anilines is 2. The van der Waals surface area contributed by atoms with Crippen LogP contribution in [0.2, 0.25) is 10.0 Å². The minimum absolute atomic E-state index is 0.00331. The molecule has 140 valence electrons. The second-order valence-electron chi connectivity index (χ2n) is 5.96. The molecule has 0 fully saturated rings. The summed E-state index contributed by atoms with van der Waals surface area (Å²) in [6.45, 7) is 0.889. The molecule has 2 aromatic rings. The van der Waals surface area contributed by atoms with Gasteiger partial charge in [-0.1, -0.05) is 23.2 Å². The number of fused-ring (bicyclic) bond motifs is 2. The summed E-state index contributed by atoms with van der Waals surface area (Å²) >= 11 is 13.5. The molecule has 2 N–H and O–H groups in total. The third-order valence-corrected chi connectivity index (χ3v) is 5.86. The largest absolute Gasteiger partial charge is 0.486 e. The molecule has 0 aromatic heterocycles. The molecule has 0 spiro atoms. The summed E-state index contributed by atoms with van der Waals surface area (Å²) in [5, 5.41) is 5.86. The molecule has 9 heteroatoms. The van der Waals surface area contributed by atoms with Crippen LogP contribution in [0.4, 0.5) is 11.4 Å². The maximum Gasteiger partial charge on any atom is 0.238 e. The van der Waals surface area contributed by atoms with Gasteiger partial charge in [0.2, 0.25) is 11.8 Å². The van der Waals surface area contributed by atoms with Crippen LogP contribution >= 0.6 is 35.0 Å². The van der Waals surface area contributed by atoms with E-state index in [-0.39, 0.29) is 18.2 Å². The fourth-order valence-corrected chi connectivity index (χ4v) is 4.25. The molecule has 0 aliphatic carbocycles. The molecule has 2 aliphatic rings. The first kappa shape index (κ1) is 18.3. The van der Waals surface area contributed by atoms with E-state index in [0.29, 0.717) is 46.1 Å². The number of ether oxygens (including phenoxy) is 2. The average molecular weight is 425 g/mol. The molecular weight excluding hydrogens is 411 g/mol. The quantitative estimate of drug-likeness (QED) is 0.771. The molecule has 4 rings (SSSR count). The maximum atomic E-state index is 12.5. The van der Waals surface area contributed by atoms with Gasteiger partial charge >= 0.3 is 0 Å². The molecule has 0 saturated heterocycles. The third kappa shape index (κ3) is 3.95. The molecule has 2 heterocycles. The van der Waals surface area contributed by atoms with E-state index in [4.69, 9.17) is 32.7 Å². The van der Waals surface area contributed by atoms with Crippen molar-refractivity contribution in [2.45, 2.75) is 16.6 Å². The van der Waals surface area contributed by atoms with Gasteiger partial charge in [0.05, 0.1) is 21.6 Å². The summed E-state index contributed by atoms with van der Waals surface area (Å²) in [6, 6.07) is 8.49. The van der Waals surface area contributed by atoms with Crippen molar-refractivity contribution in [2.75, 3.05) is 23.8 Å². The number of thioether (sulfide) groups is 1. The number of hydrogen-bond donors (Lipinski definition) is 2. The zero-order valence-electron chi connectivity index (χ0n) is 13.9. The molecular formula is C18H14Cl2N2O4S. The first-order valence-electron chi connectivity index (χ1n) is 8.15. The van der Waals surface area contributed by atoms with Crippen LogP contribution in [-0.2, 0) is 9.59 Å². The van der Waals surface area contributed by atoms with Crippen LogP contribution in [-0.4, -0.2) is 30.3 Å². The van der Waals surface area contributed by atoms with Gasteiger partial charge < -0.3 is 20.1 Å². The van der Waals surface area contributed by atoms with E-state index in [1.54, 1.807) is 24.3 Å².